The van der Waals surface area contributed by atoms with E-state index in [4.69, 9.17) is 8.83 Å². The van der Waals surface area contributed by atoms with E-state index in [1.165, 1.54) is 66.4 Å². The van der Waals surface area contributed by atoms with Gasteiger partial charge in [-0.3, -0.25) is 0 Å². The van der Waals surface area contributed by atoms with Crippen LogP contribution in [0.2, 0.25) is 0 Å². The first-order valence-corrected chi connectivity index (χ1v) is 19.9. The molecule has 0 amide bonds. The van der Waals surface area contributed by atoms with Gasteiger partial charge in [-0.15, -0.1) is 0 Å². The molecular weight excluding hydrogens is 695 g/mol. The van der Waals surface area contributed by atoms with Gasteiger partial charge >= 0.3 is 0 Å². The van der Waals surface area contributed by atoms with Gasteiger partial charge in [-0.25, -0.2) is 0 Å². The number of anilines is 3. The molecule has 0 unspecified atom stereocenters. The first-order valence-electron chi connectivity index (χ1n) is 19.9. The van der Waals surface area contributed by atoms with Gasteiger partial charge < -0.3 is 13.7 Å². The summed E-state index contributed by atoms with van der Waals surface area (Å²) in [5, 5.41) is 4.65. The molecule has 57 heavy (non-hydrogen) atoms. The van der Waals surface area contributed by atoms with Crippen LogP contribution in [-0.2, 0) is 10.8 Å². The zero-order chi connectivity index (χ0) is 38.2. The van der Waals surface area contributed by atoms with Gasteiger partial charge in [0, 0.05) is 60.6 Å². The van der Waals surface area contributed by atoms with E-state index in [0.717, 1.165) is 50.2 Å². The van der Waals surface area contributed by atoms with Crippen LogP contribution in [0.4, 0.5) is 17.1 Å². The second kappa shape index (κ2) is 11.4. The lowest BCUT2D eigenvalue weighted by Gasteiger charge is -2.30. The largest absolute Gasteiger partial charge is 0.455 e. The average molecular weight is 734 g/mol. The molecule has 2 aromatic heterocycles. The molecule has 0 fully saturated rings. The Balaban J connectivity index is 1.05. The molecule has 0 bridgehead atoms. The van der Waals surface area contributed by atoms with E-state index in [1.54, 1.807) is 0 Å². The molecule has 0 saturated carbocycles. The maximum absolute atomic E-state index is 6.62. The van der Waals surface area contributed by atoms with Crippen molar-refractivity contribution in [2.75, 3.05) is 4.90 Å². The molecule has 0 saturated heterocycles. The lowest BCUT2D eigenvalue weighted by Crippen LogP contribution is -2.18. The van der Waals surface area contributed by atoms with Crippen LogP contribution in [0.15, 0.2) is 173 Å². The van der Waals surface area contributed by atoms with Crippen molar-refractivity contribution in [1.29, 1.82) is 0 Å². The van der Waals surface area contributed by atoms with E-state index < -0.39 is 0 Å². The van der Waals surface area contributed by atoms with Crippen molar-refractivity contribution in [2.45, 2.75) is 38.5 Å². The lowest BCUT2D eigenvalue weighted by atomic mass is 9.82. The van der Waals surface area contributed by atoms with Gasteiger partial charge in [0.25, 0.3) is 0 Å². The van der Waals surface area contributed by atoms with Crippen LogP contribution >= 0.6 is 0 Å². The van der Waals surface area contributed by atoms with Crippen LogP contribution in [0.25, 0.3) is 77.3 Å². The number of benzene rings is 8. The van der Waals surface area contributed by atoms with E-state index in [1.807, 2.05) is 12.1 Å². The summed E-state index contributed by atoms with van der Waals surface area (Å²) < 4.78 is 13.2. The predicted octanol–water partition coefficient (Wildman–Crippen LogP) is 15.2. The highest BCUT2D eigenvalue weighted by atomic mass is 16.3. The minimum Gasteiger partial charge on any atom is -0.455 e. The zero-order valence-electron chi connectivity index (χ0n) is 32.4. The van der Waals surface area contributed by atoms with E-state index in [9.17, 15) is 0 Å². The lowest BCUT2D eigenvalue weighted by molar-refractivity contribution is 0.653. The molecule has 0 radical (unpaired) electrons. The minimum atomic E-state index is -0.226. The highest BCUT2D eigenvalue weighted by molar-refractivity contribution is 6.13. The van der Waals surface area contributed by atoms with Crippen molar-refractivity contribution in [3.8, 4) is 33.4 Å². The van der Waals surface area contributed by atoms with Crippen LogP contribution < -0.4 is 4.90 Å². The van der Waals surface area contributed by atoms with E-state index in [-0.39, 0.29) is 10.8 Å². The summed E-state index contributed by atoms with van der Waals surface area (Å²) in [6, 6.07) is 59.6. The molecule has 3 heteroatoms. The third-order valence-corrected chi connectivity index (χ3v) is 13.1. The van der Waals surface area contributed by atoms with Gasteiger partial charge in [0.1, 0.15) is 22.3 Å². The Morgan fingerprint density at radius 3 is 1.32 bits per heavy atom. The zero-order valence-corrected chi connectivity index (χ0v) is 32.4. The minimum absolute atomic E-state index is 0.226. The monoisotopic (exact) mass is 733 g/mol. The number of fused-ring (bicyclic) bond motifs is 14. The summed E-state index contributed by atoms with van der Waals surface area (Å²) in [4.78, 5) is 2.43. The SMILES string of the molecule is CC1(C)c2cc(N(c3ccc(-c4ccccc4)cc3)c3ccc4c(c3)C(C)(C)c3ccc5c(oc6ccccc65)c3-4)ccc2-c2c1ccc1c2oc2ccccc21. The molecule has 12 rings (SSSR count). The van der Waals surface area contributed by atoms with Crippen LogP contribution in [0.3, 0.4) is 0 Å². The van der Waals surface area contributed by atoms with E-state index in [0.29, 0.717) is 0 Å². The first kappa shape index (κ1) is 32.4. The second-order valence-electron chi connectivity index (χ2n) is 16.9. The number of nitrogens with zero attached hydrogens (tertiary/aromatic N) is 1. The highest BCUT2D eigenvalue weighted by Gasteiger charge is 2.40. The van der Waals surface area contributed by atoms with Gasteiger partial charge in [-0.1, -0.05) is 143 Å². The molecule has 0 atom stereocenters. The summed E-state index contributed by atoms with van der Waals surface area (Å²) >= 11 is 0. The topological polar surface area (TPSA) is 29.5 Å². The Kier molecular flexibility index (Phi) is 6.46. The summed E-state index contributed by atoms with van der Waals surface area (Å²) in [5.41, 5.74) is 19.2. The molecular formula is C54H39NO2. The Bertz CT molecular complexity index is 3110. The second-order valence-corrected chi connectivity index (χ2v) is 16.9. The Morgan fingerprint density at radius 1 is 0.368 bits per heavy atom. The van der Waals surface area contributed by atoms with Crippen molar-refractivity contribution in [3.63, 3.8) is 0 Å². The van der Waals surface area contributed by atoms with Crippen LogP contribution in [0.1, 0.15) is 49.9 Å². The number of rotatable bonds is 4. The highest BCUT2D eigenvalue weighted by Crippen LogP contribution is 2.56. The van der Waals surface area contributed by atoms with Crippen molar-refractivity contribution < 1.29 is 8.83 Å². The van der Waals surface area contributed by atoms with Crippen molar-refractivity contribution in [1.82, 2.24) is 0 Å². The molecule has 0 aliphatic heterocycles. The fourth-order valence-corrected chi connectivity index (χ4v) is 10.1. The molecule has 2 heterocycles. The molecule has 2 aliphatic carbocycles. The van der Waals surface area contributed by atoms with Gasteiger partial charge in [-0.05, 0) is 93.0 Å². The van der Waals surface area contributed by atoms with Crippen molar-refractivity contribution in [3.05, 3.63) is 186 Å². The Hall–Kier alpha value is -6.84. The maximum atomic E-state index is 6.62. The van der Waals surface area contributed by atoms with Gasteiger partial charge in [0.2, 0.25) is 0 Å². The van der Waals surface area contributed by atoms with Gasteiger partial charge in [0.15, 0.2) is 0 Å². The maximum Gasteiger partial charge on any atom is 0.143 e. The number of hydrogen-bond donors (Lipinski definition) is 0. The third kappa shape index (κ3) is 4.43. The molecule has 0 N–H and O–H groups in total. The fraction of sp³-hybridized carbons (Fsp3) is 0.111. The number of furan rings is 2. The van der Waals surface area contributed by atoms with Crippen molar-refractivity contribution in [2.24, 2.45) is 0 Å². The van der Waals surface area contributed by atoms with Crippen LogP contribution in [0, 0.1) is 0 Å². The van der Waals surface area contributed by atoms with Crippen molar-refractivity contribution >= 4 is 60.9 Å². The van der Waals surface area contributed by atoms with E-state index >= 15 is 0 Å². The van der Waals surface area contributed by atoms with Crippen LogP contribution in [0.5, 0.6) is 0 Å². The average Bonchev–Trinajstić information content (AvgIpc) is 3.94. The number of hydrogen-bond acceptors (Lipinski definition) is 3. The smallest absolute Gasteiger partial charge is 0.143 e. The predicted molar refractivity (Wildman–Crippen MR) is 236 cm³/mol. The standard InChI is InChI=1S/C54H39NO2/c1-53(2)43-28-26-39-37-14-8-10-16-47(37)56-51(39)49(43)41-24-22-35(30-45(41)53)55(34-20-18-33(19-21-34)32-12-6-5-7-13-32)36-23-25-42-46(31-36)54(3,4)44-29-27-40-38-15-9-11-17-48(38)57-52(40)50(42)44/h5-31H,1-4H3. The van der Waals surface area contributed by atoms with E-state index in [2.05, 4.69) is 184 Å². The van der Waals surface area contributed by atoms with Gasteiger partial charge in [-0.2, -0.15) is 0 Å². The first-order chi connectivity index (χ1) is 27.8. The quantitative estimate of drug-likeness (QED) is 0.180. The Morgan fingerprint density at radius 2 is 0.807 bits per heavy atom. The summed E-state index contributed by atoms with van der Waals surface area (Å²) in [5.74, 6) is 0. The molecule has 0 spiro atoms. The van der Waals surface area contributed by atoms with Crippen LogP contribution in [-0.4, -0.2) is 0 Å². The fourth-order valence-electron chi connectivity index (χ4n) is 10.1. The number of para-hydroxylation sites is 2. The van der Waals surface area contributed by atoms with Gasteiger partial charge in [0.05, 0.1) is 0 Å². The molecule has 2 aliphatic rings. The molecule has 8 aromatic carbocycles. The Labute approximate surface area is 331 Å². The molecule has 3 nitrogen and oxygen atoms in total. The molecule has 10 aromatic rings. The summed E-state index contributed by atoms with van der Waals surface area (Å²) in [7, 11) is 0. The third-order valence-electron chi connectivity index (χ3n) is 13.1. The summed E-state index contributed by atoms with van der Waals surface area (Å²) in [6.07, 6.45) is 0. The summed E-state index contributed by atoms with van der Waals surface area (Å²) in [6.45, 7) is 9.40. The molecule has 272 valence electrons. The normalized spacial score (nSPS) is 14.6.